The van der Waals surface area contributed by atoms with Crippen LogP contribution in [-0.2, 0) is 4.79 Å². The molecular formula is C18H22ClN5O3. The second-order valence-corrected chi connectivity index (χ2v) is 6.64. The standard InChI is InChI=1S/C18H21N5O3.ClH/c24-16-10-19-7-9-23(16)15-2-1-8-22(11-15)18(25)14-5-3-13(4-6-14)17-20-12-26-21-17;/h3-6,12,15,19H,1-2,7-11H2;1H. The number of piperidine rings is 1. The van der Waals surface area contributed by atoms with Crippen molar-refractivity contribution in [2.24, 2.45) is 0 Å². The van der Waals surface area contributed by atoms with Crippen LogP contribution in [0.15, 0.2) is 35.2 Å². The summed E-state index contributed by atoms with van der Waals surface area (Å²) in [6.07, 6.45) is 3.14. The van der Waals surface area contributed by atoms with E-state index in [0.29, 0.717) is 31.0 Å². The van der Waals surface area contributed by atoms with Gasteiger partial charge in [0, 0.05) is 43.3 Å². The van der Waals surface area contributed by atoms with Crippen LogP contribution in [-0.4, -0.2) is 70.5 Å². The fourth-order valence-electron chi connectivity index (χ4n) is 3.64. The number of amides is 2. The fraction of sp³-hybridized carbons (Fsp3) is 0.444. The van der Waals surface area contributed by atoms with Crippen molar-refractivity contribution < 1.29 is 14.1 Å². The second-order valence-electron chi connectivity index (χ2n) is 6.64. The molecule has 2 aromatic rings. The molecule has 2 aliphatic rings. The second kappa shape index (κ2) is 8.49. The lowest BCUT2D eigenvalue weighted by atomic mass is 10.0. The zero-order valence-corrected chi connectivity index (χ0v) is 15.7. The van der Waals surface area contributed by atoms with Gasteiger partial charge in [-0.15, -0.1) is 12.4 Å². The topological polar surface area (TPSA) is 91.6 Å². The number of likely N-dealkylation sites (tertiary alicyclic amines) is 1. The number of halogens is 1. The molecule has 1 unspecified atom stereocenters. The van der Waals surface area contributed by atoms with Gasteiger partial charge in [0.15, 0.2) is 0 Å². The quantitative estimate of drug-likeness (QED) is 0.845. The summed E-state index contributed by atoms with van der Waals surface area (Å²) in [4.78, 5) is 32.8. The van der Waals surface area contributed by atoms with Gasteiger partial charge in [0.05, 0.1) is 6.54 Å². The van der Waals surface area contributed by atoms with Gasteiger partial charge < -0.3 is 19.6 Å². The Balaban J connectivity index is 0.00000210. The van der Waals surface area contributed by atoms with E-state index < -0.39 is 0 Å². The van der Waals surface area contributed by atoms with Crippen LogP contribution >= 0.6 is 12.4 Å². The molecule has 1 aromatic carbocycles. The number of nitrogens with one attached hydrogen (secondary N) is 1. The van der Waals surface area contributed by atoms with E-state index in [9.17, 15) is 9.59 Å². The van der Waals surface area contributed by atoms with Gasteiger partial charge in [-0.05, 0) is 25.0 Å². The Morgan fingerprint density at radius 2 is 2.04 bits per heavy atom. The minimum atomic E-state index is -0.00283. The van der Waals surface area contributed by atoms with Crippen molar-refractivity contribution in [2.75, 3.05) is 32.7 Å². The highest BCUT2D eigenvalue weighted by atomic mass is 35.5. The Labute approximate surface area is 163 Å². The molecule has 1 atom stereocenters. The van der Waals surface area contributed by atoms with Crippen LogP contribution in [0.4, 0.5) is 0 Å². The van der Waals surface area contributed by atoms with Gasteiger partial charge in [-0.1, -0.05) is 17.3 Å². The molecule has 2 amide bonds. The molecule has 2 fully saturated rings. The summed E-state index contributed by atoms with van der Waals surface area (Å²) >= 11 is 0. The molecule has 9 heteroatoms. The summed E-state index contributed by atoms with van der Waals surface area (Å²) in [5.41, 5.74) is 1.43. The molecule has 144 valence electrons. The summed E-state index contributed by atoms with van der Waals surface area (Å²) in [5.74, 6) is 0.621. The van der Waals surface area contributed by atoms with E-state index in [-0.39, 0.29) is 30.3 Å². The van der Waals surface area contributed by atoms with E-state index in [1.165, 1.54) is 6.39 Å². The molecule has 2 aliphatic heterocycles. The van der Waals surface area contributed by atoms with Crippen LogP contribution in [0, 0.1) is 0 Å². The summed E-state index contributed by atoms with van der Waals surface area (Å²) < 4.78 is 4.75. The number of piperazine rings is 1. The lowest BCUT2D eigenvalue weighted by Gasteiger charge is -2.41. The SMILES string of the molecule is Cl.O=C(c1ccc(-c2ncon2)cc1)N1CCCC(N2CCNCC2=O)C1. The van der Waals surface area contributed by atoms with Crippen LogP contribution in [0.2, 0.25) is 0 Å². The molecule has 1 N–H and O–H groups in total. The Morgan fingerprint density at radius 1 is 1.22 bits per heavy atom. The van der Waals surface area contributed by atoms with Gasteiger partial charge in [0.1, 0.15) is 0 Å². The van der Waals surface area contributed by atoms with E-state index in [1.54, 1.807) is 12.1 Å². The monoisotopic (exact) mass is 391 g/mol. The summed E-state index contributed by atoms with van der Waals surface area (Å²) in [5, 5.41) is 6.89. The number of rotatable bonds is 3. The lowest BCUT2D eigenvalue weighted by Crippen LogP contribution is -2.57. The van der Waals surface area contributed by atoms with Gasteiger partial charge >= 0.3 is 0 Å². The van der Waals surface area contributed by atoms with Gasteiger partial charge in [-0.3, -0.25) is 9.59 Å². The average Bonchev–Trinajstić information content (AvgIpc) is 3.23. The number of benzene rings is 1. The third-order valence-electron chi connectivity index (χ3n) is 5.00. The van der Waals surface area contributed by atoms with Crippen molar-refractivity contribution in [2.45, 2.75) is 18.9 Å². The molecule has 3 heterocycles. The molecule has 2 saturated heterocycles. The summed E-state index contributed by atoms with van der Waals surface area (Å²) in [6, 6.07) is 7.32. The van der Waals surface area contributed by atoms with Crippen molar-refractivity contribution >= 4 is 24.2 Å². The summed E-state index contributed by atoms with van der Waals surface area (Å²) in [7, 11) is 0. The third kappa shape index (κ3) is 4.12. The van der Waals surface area contributed by atoms with Gasteiger partial charge in [-0.2, -0.15) is 4.98 Å². The van der Waals surface area contributed by atoms with E-state index >= 15 is 0 Å². The van der Waals surface area contributed by atoms with Crippen molar-refractivity contribution in [1.29, 1.82) is 0 Å². The minimum Gasteiger partial charge on any atom is -0.342 e. The molecule has 8 nitrogen and oxygen atoms in total. The fourth-order valence-corrected chi connectivity index (χ4v) is 3.64. The van der Waals surface area contributed by atoms with Crippen LogP contribution in [0.3, 0.4) is 0 Å². The zero-order chi connectivity index (χ0) is 17.9. The smallest absolute Gasteiger partial charge is 0.253 e. The highest BCUT2D eigenvalue weighted by Gasteiger charge is 2.31. The molecule has 4 rings (SSSR count). The third-order valence-corrected chi connectivity index (χ3v) is 5.00. The van der Waals surface area contributed by atoms with E-state index in [0.717, 1.165) is 31.5 Å². The highest BCUT2D eigenvalue weighted by Crippen LogP contribution is 2.21. The maximum absolute atomic E-state index is 12.9. The molecular weight excluding hydrogens is 370 g/mol. The van der Waals surface area contributed by atoms with Crippen molar-refractivity contribution in [3.05, 3.63) is 36.2 Å². The predicted octanol–water partition coefficient (Wildman–Crippen LogP) is 1.19. The zero-order valence-electron chi connectivity index (χ0n) is 14.8. The number of carbonyl (C=O) groups is 2. The van der Waals surface area contributed by atoms with Crippen LogP contribution in [0.25, 0.3) is 11.4 Å². The minimum absolute atomic E-state index is 0. The molecule has 0 spiro atoms. The van der Waals surface area contributed by atoms with Crippen molar-refractivity contribution in [1.82, 2.24) is 25.3 Å². The number of hydrogen-bond acceptors (Lipinski definition) is 6. The first-order valence-corrected chi connectivity index (χ1v) is 8.88. The number of nitrogens with zero attached hydrogens (tertiary/aromatic N) is 4. The van der Waals surface area contributed by atoms with Crippen LogP contribution in [0.5, 0.6) is 0 Å². The van der Waals surface area contributed by atoms with E-state index in [4.69, 9.17) is 4.52 Å². The van der Waals surface area contributed by atoms with E-state index in [1.807, 2.05) is 21.9 Å². The molecule has 1 aromatic heterocycles. The van der Waals surface area contributed by atoms with Gasteiger partial charge in [0.25, 0.3) is 5.91 Å². The van der Waals surface area contributed by atoms with Crippen molar-refractivity contribution in [3.63, 3.8) is 0 Å². The number of aromatic nitrogens is 2. The number of carbonyl (C=O) groups excluding carboxylic acids is 2. The maximum Gasteiger partial charge on any atom is 0.253 e. The van der Waals surface area contributed by atoms with Gasteiger partial charge in [-0.25, -0.2) is 0 Å². The normalized spacial score (nSPS) is 20.3. The molecule has 0 radical (unpaired) electrons. The Hall–Kier alpha value is -2.45. The van der Waals surface area contributed by atoms with Crippen LogP contribution < -0.4 is 5.32 Å². The van der Waals surface area contributed by atoms with Crippen LogP contribution in [0.1, 0.15) is 23.2 Å². The largest absolute Gasteiger partial charge is 0.342 e. The Kier molecular flexibility index (Phi) is 6.08. The Bertz CT molecular complexity index is 781. The Morgan fingerprint density at radius 3 is 2.74 bits per heavy atom. The predicted molar refractivity (Wildman–Crippen MR) is 100 cm³/mol. The summed E-state index contributed by atoms with van der Waals surface area (Å²) in [6.45, 7) is 3.24. The van der Waals surface area contributed by atoms with E-state index in [2.05, 4.69) is 15.5 Å². The first kappa shape index (κ1) is 19.3. The first-order chi connectivity index (χ1) is 12.7. The molecule has 0 saturated carbocycles. The molecule has 0 bridgehead atoms. The average molecular weight is 392 g/mol. The highest BCUT2D eigenvalue weighted by molar-refractivity contribution is 5.94. The van der Waals surface area contributed by atoms with Crippen molar-refractivity contribution in [3.8, 4) is 11.4 Å². The van der Waals surface area contributed by atoms with Gasteiger partial charge in [0.2, 0.25) is 18.1 Å². The molecule has 0 aliphatic carbocycles. The number of hydrogen-bond donors (Lipinski definition) is 1. The first-order valence-electron chi connectivity index (χ1n) is 8.88. The maximum atomic E-state index is 12.9. The molecule has 27 heavy (non-hydrogen) atoms. The lowest BCUT2D eigenvalue weighted by molar-refractivity contribution is -0.135.